The van der Waals surface area contributed by atoms with E-state index >= 15 is 0 Å². The summed E-state index contributed by atoms with van der Waals surface area (Å²) in [7, 11) is -3.42. The topological polar surface area (TPSA) is 56.4 Å². The lowest BCUT2D eigenvalue weighted by Gasteiger charge is -2.41. The molecule has 1 N–H and O–H groups in total. The molecule has 0 aromatic carbocycles. The summed E-state index contributed by atoms with van der Waals surface area (Å²) in [6.07, 6.45) is 3.81. The number of nitrogens with one attached hydrogen (secondary N) is 1. The Bertz CT molecular complexity index is 586. The zero-order chi connectivity index (χ0) is 14.3. The summed E-state index contributed by atoms with van der Waals surface area (Å²) < 4.78 is 27.2. The Morgan fingerprint density at radius 3 is 2.95 bits per heavy atom. The van der Waals surface area contributed by atoms with Gasteiger partial charge in [-0.2, -0.15) is 4.31 Å². The van der Waals surface area contributed by atoms with Crippen molar-refractivity contribution >= 4 is 21.6 Å². The molecule has 2 aliphatic rings. The average Bonchev–Trinajstić information content (AvgIpc) is 3.05. The van der Waals surface area contributed by atoms with Crippen LogP contribution in [-0.4, -0.2) is 54.3 Å². The highest BCUT2D eigenvalue weighted by Gasteiger charge is 2.40. The Morgan fingerprint density at radius 2 is 2.25 bits per heavy atom. The second-order valence-electron chi connectivity index (χ2n) is 5.71. The van der Waals surface area contributed by atoms with Gasteiger partial charge in [0.15, 0.2) is 0 Å². The Labute approximate surface area is 124 Å². The molecule has 20 heavy (non-hydrogen) atoms. The lowest BCUT2D eigenvalue weighted by molar-refractivity contribution is 0.117. The summed E-state index contributed by atoms with van der Waals surface area (Å²) in [5.74, 6) is 0.293. The molecule has 0 spiro atoms. The number of fused-ring (bicyclic) bond motifs is 1. The molecule has 1 aromatic heterocycles. The molecule has 0 radical (unpaired) electrons. The number of halogens is 1. The van der Waals surface area contributed by atoms with E-state index in [-0.39, 0.29) is 6.04 Å². The smallest absolute Gasteiger partial charge is 0.244 e. The predicted molar refractivity (Wildman–Crippen MR) is 78.3 cm³/mol. The number of H-pyrrole nitrogens is 1. The van der Waals surface area contributed by atoms with E-state index in [2.05, 4.69) is 9.88 Å². The maximum absolute atomic E-state index is 12.8. The fourth-order valence-electron chi connectivity index (χ4n) is 3.28. The molecule has 2 aliphatic heterocycles. The van der Waals surface area contributed by atoms with E-state index in [0.717, 1.165) is 25.2 Å². The van der Waals surface area contributed by atoms with Crippen LogP contribution in [-0.2, 0) is 15.9 Å². The number of hydrogen-bond donors (Lipinski definition) is 1. The standard InChI is InChI=1S/C13H20ClN3O2S/c1-10-8-16-4-2-3-12(16)9-17(10)20(18,19)13-5-11(6-14)15-7-13/h5,7,10,12,15H,2-4,6,8-9H2,1H3. The van der Waals surface area contributed by atoms with Crippen molar-refractivity contribution < 1.29 is 8.42 Å². The average molecular weight is 318 g/mol. The van der Waals surface area contributed by atoms with Gasteiger partial charge in [0.05, 0.1) is 10.8 Å². The van der Waals surface area contributed by atoms with Crippen molar-refractivity contribution in [1.82, 2.24) is 14.2 Å². The minimum Gasteiger partial charge on any atom is -0.363 e. The molecule has 0 amide bonds. The van der Waals surface area contributed by atoms with Gasteiger partial charge in [0.1, 0.15) is 0 Å². The maximum atomic E-state index is 12.8. The molecule has 7 heteroatoms. The summed E-state index contributed by atoms with van der Waals surface area (Å²) in [6, 6.07) is 2.03. The summed E-state index contributed by atoms with van der Waals surface area (Å²) in [5, 5.41) is 0. The highest BCUT2D eigenvalue weighted by Crippen LogP contribution is 2.29. The highest BCUT2D eigenvalue weighted by atomic mass is 35.5. The van der Waals surface area contributed by atoms with Crippen LogP contribution in [0.5, 0.6) is 0 Å². The highest BCUT2D eigenvalue weighted by molar-refractivity contribution is 7.89. The Morgan fingerprint density at radius 1 is 1.45 bits per heavy atom. The van der Waals surface area contributed by atoms with Gasteiger partial charge in [0, 0.05) is 37.1 Å². The molecule has 112 valence electrons. The van der Waals surface area contributed by atoms with Crippen LogP contribution < -0.4 is 0 Å². The van der Waals surface area contributed by atoms with E-state index in [1.165, 1.54) is 6.42 Å². The van der Waals surface area contributed by atoms with Crippen LogP contribution >= 0.6 is 11.6 Å². The quantitative estimate of drug-likeness (QED) is 0.862. The molecule has 3 heterocycles. The molecule has 0 saturated carbocycles. The minimum absolute atomic E-state index is 0.0173. The summed E-state index contributed by atoms with van der Waals surface area (Å²) in [6.45, 7) is 4.52. The van der Waals surface area contributed by atoms with Crippen molar-refractivity contribution in [2.75, 3.05) is 19.6 Å². The zero-order valence-electron chi connectivity index (χ0n) is 11.5. The lowest BCUT2D eigenvalue weighted by atomic mass is 10.1. The molecule has 3 rings (SSSR count). The first-order valence-electron chi connectivity index (χ1n) is 7.01. The number of nitrogens with zero attached hydrogens (tertiary/aromatic N) is 2. The zero-order valence-corrected chi connectivity index (χ0v) is 13.1. The molecular weight excluding hydrogens is 298 g/mol. The van der Waals surface area contributed by atoms with Crippen LogP contribution in [0.1, 0.15) is 25.5 Å². The molecule has 0 bridgehead atoms. The number of aromatic nitrogens is 1. The van der Waals surface area contributed by atoms with E-state index in [0.29, 0.717) is 23.4 Å². The van der Waals surface area contributed by atoms with E-state index < -0.39 is 10.0 Å². The number of aromatic amines is 1. The van der Waals surface area contributed by atoms with Gasteiger partial charge in [-0.15, -0.1) is 11.6 Å². The van der Waals surface area contributed by atoms with Crippen molar-refractivity contribution in [3.8, 4) is 0 Å². The second kappa shape index (κ2) is 5.33. The first-order chi connectivity index (χ1) is 9.52. The van der Waals surface area contributed by atoms with Gasteiger partial charge < -0.3 is 4.98 Å². The van der Waals surface area contributed by atoms with Crippen LogP contribution in [0.15, 0.2) is 17.2 Å². The minimum atomic E-state index is -3.42. The predicted octanol–water partition coefficient (Wildman–Crippen LogP) is 1.61. The molecule has 2 saturated heterocycles. The Kier molecular flexibility index (Phi) is 3.83. The van der Waals surface area contributed by atoms with E-state index in [1.807, 2.05) is 6.92 Å². The summed E-state index contributed by atoms with van der Waals surface area (Å²) in [4.78, 5) is 5.65. The number of hydrogen-bond acceptors (Lipinski definition) is 3. The van der Waals surface area contributed by atoms with Crippen LogP contribution in [0, 0.1) is 0 Å². The fraction of sp³-hybridized carbons (Fsp3) is 0.692. The lowest BCUT2D eigenvalue weighted by Crippen LogP contribution is -2.56. The van der Waals surface area contributed by atoms with Crippen LogP contribution in [0.3, 0.4) is 0 Å². The van der Waals surface area contributed by atoms with Gasteiger partial charge in [0.25, 0.3) is 0 Å². The van der Waals surface area contributed by atoms with Crippen molar-refractivity contribution in [3.05, 3.63) is 18.0 Å². The monoisotopic (exact) mass is 317 g/mol. The van der Waals surface area contributed by atoms with Gasteiger partial charge in [-0.25, -0.2) is 8.42 Å². The Hall–Kier alpha value is -0.560. The van der Waals surface area contributed by atoms with Gasteiger partial charge in [-0.1, -0.05) is 0 Å². The first-order valence-corrected chi connectivity index (χ1v) is 8.99. The van der Waals surface area contributed by atoms with Crippen LogP contribution in [0.4, 0.5) is 0 Å². The number of sulfonamides is 1. The van der Waals surface area contributed by atoms with Gasteiger partial charge in [0.2, 0.25) is 10.0 Å². The van der Waals surface area contributed by atoms with Gasteiger partial charge in [-0.3, -0.25) is 4.90 Å². The van der Waals surface area contributed by atoms with Crippen molar-refractivity contribution in [2.45, 2.75) is 42.6 Å². The van der Waals surface area contributed by atoms with Gasteiger partial charge in [-0.05, 0) is 32.4 Å². The molecule has 1 aromatic rings. The third-order valence-electron chi connectivity index (χ3n) is 4.35. The van der Waals surface area contributed by atoms with Crippen LogP contribution in [0.2, 0.25) is 0 Å². The molecular formula is C13H20ClN3O2S. The summed E-state index contributed by atoms with van der Waals surface area (Å²) in [5.41, 5.74) is 0.734. The fourth-order valence-corrected chi connectivity index (χ4v) is 5.11. The molecule has 2 unspecified atom stereocenters. The largest absolute Gasteiger partial charge is 0.363 e. The van der Waals surface area contributed by atoms with E-state index in [1.54, 1.807) is 16.6 Å². The van der Waals surface area contributed by atoms with Crippen LogP contribution in [0.25, 0.3) is 0 Å². The van der Waals surface area contributed by atoms with Crippen molar-refractivity contribution in [3.63, 3.8) is 0 Å². The van der Waals surface area contributed by atoms with Gasteiger partial charge >= 0.3 is 0 Å². The maximum Gasteiger partial charge on any atom is 0.244 e. The molecule has 2 fully saturated rings. The third-order valence-corrected chi connectivity index (χ3v) is 6.59. The number of alkyl halides is 1. The first kappa shape index (κ1) is 14.4. The molecule has 5 nitrogen and oxygen atoms in total. The number of rotatable bonds is 3. The van der Waals surface area contributed by atoms with Crippen molar-refractivity contribution in [1.29, 1.82) is 0 Å². The van der Waals surface area contributed by atoms with E-state index in [9.17, 15) is 8.42 Å². The third kappa shape index (κ3) is 2.39. The SMILES string of the molecule is CC1CN2CCCC2CN1S(=O)(=O)c1c[nH]c(CCl)c1. The number of piperazine rings is 1. The normalized spacial score (nSPS) is 28.7. The second-order valence-corrected chi connectivity index (χ2v) is 7.87. The van der Waals surface area contributed by atoms with E-state index in [4.69, 9.17) is 11.6 Å². The molecule has 0 aliphatic carbocycles. The molecule has 2 atom stereocenters. The van der Waals surface area contributed by atoms with Crippen molar-refractivity contribution in [2.24, 2.45) is 0 Å². The Balaban J connectivity index is 1.86. The summed E-state index contributed by atoms with van der Waals surface area (Å²) >= 11 is 5.73.